The van der Waals surface area contributed by atoms with Gasteiger partial charge in [0.15, 0.2) is 6.61 Å². The molecule has 4 aliphatic carbocycles. The van der Waals surface area contributed by atoms with E-state index in [0.29, 0.717) is 16.9 Å². The van der Waals surface area contributed by atoms with Gasteiger partial charge in [0, 0.05) is 5.69 Å². The number of nitrogens with zero attached hydrogens (tertiary/aromatic N) is 1. The number of amides is 5. The molecule has 45 heavy (non-hydrogen) atoms. The Morgan fingerprint density at radius 3 is 2.22 bits per heavy atom. The number of carbonyl (C=O) groups excluding carboxylic acids is 4. The van der Waals surface area contributed by atoms with Gasteiger partial charge in [-0.2, -0.15) is 0 Å². The molecule has 0 atom stereocenters. The summed E-state index contributed by atoms with van der Waals surface area (Å²) < 4.78 is 5.59. The van der Waals surface area contributed by atoms with E-state index in [-0.39, 0.29) is 34.3 Å². The topological polar surface area (TPSA) is 105 Å². The molecular formula is C36H34ClN3O5. The van der Waals surface area contributed by atoms with E-state index in [9.17, 15) is 19.2 Å². The average molecular weight is 624 g/mol. The number of benzene rings is 3. The molecule has 230 valence electrons. The van der Waals surface area contributed by atoms with Crippen molar-refractivity contribution in [2.24, 2.45) is 17.8 Å². The molecule has 1 aliphatic heterocycles. The van der Waals surface area contributed by atoms with Crippen LogP contribution < -0.4 is 20.3 Å². The minimum atomic E-state index is -0.782. The number of barbiturate groups is 1. The van der Waals surface area contributed by atoms with Crippen LogP contribution >= 0.6 is 11.6 Å². The highest BCUT2D eigenvalue weighted by molar-refractivity contribution is 6.39. The second-order valence-electron chi connectivity index (χ2n) is 13.1. The molecule has 9 heteroatoms. The molecule has 5 amide bonds. The van der Waals surface area contributed by atoms with Crippen molar-refractivity contribution in [3.63, 3.8) is 0 Å². The van der Waals surface area contributed by atoms with Crippen LogP contribution in [0.25, 0.3) is 6.08 Å². The molecule has 8 nitrogen and oxygen atoms in total. The van der Waals surface area contributed by atoms with Gasteiger partial charge in [0.25, 0.3) is 17.7 Å². The third-order valence-corrected chi connectivity index (χ3v) is 10.1. The lowest BCUT2D eigenvalue weighted by Crippen LogP contribution is -2.54. The molecule has 0 unspecified atom stereocenters. The van der Waals surface area contributed by atoms with Gasteiger partial charge < -0.3 is 10.1 Å². The highest BCUT2D eigenvalue weighted by Gasteiger charge is 2.51. The fourth-order valence-electron chi connectivity index (χ4n) is 8.19. The number of urea groups is 1. The summed E-state index contributed by atoms with van der Waals surface area (Å²) in [6.07, 6.45) is 9.11. The Kier molecular flexibility index (Phi) is 7.48. The Morgan fingerprint density at radius 2 is 1.60 bits per heavy atom. The van der Waals surface area contributed by atoms with Gasteiger partial charge in [-0.25, -0.2) is 9.69 Å². The van der Waals surface area contributed by atoms with E-state index in [1.807, 2.05) is 31.2 Å². The van der Waals surface area contributed by atoms with Gasteiger partial charge in [-0.05, 0) is 122 Å². The highest BCUT2D eigenvalue weighted by atomic mass is 35.5. The normalized spacial score (nSPS) is 26.3. The molecule has 2 N–H and O–H groups in total. The Labute approximate surface area is 266 Å². The highest BCUT2D eigenvalue weighted by Crippen LogP contribution is 2.60. The predicted molar refractivity (Wildman–Crippen MR) is 172 cm³/mol. The van der Waals surface area contributed by atoms with Gasteiger partial charge in [0.1, 0.15) is 11.3 Å². The number of hydrogen-bond donors (Lipinski definition) is 2. The number of imide groups is 2. The number of carbonyl (C=O) groups is 4. The monoisotopic (exact) mass is 623 g/mol. The fourth-order valence-corrected chi connectivity index (χ4v) is 8.43. The van der Waals surface area contributed by atoms with Crippen molar-refractivity contribution >= 4 is 52.8 Å². The maximum atomic E-state index is 13.5. The van der Waals surface area contributed by atoms with Crippen molar-refractivity contribution in [1.29, 1.82) is 0 Å². The molecule has 3 aromatic rings. The summed E-state index contributed by atoms with van der Waals surface area (Å²) >= 11 is 6.42. The van der Waals surface area contributed by atoms with Gasteiger partial charge in [-0.15, -0.1) is 0 Å². The quantitative estimate of drug-likeness (QED) is 0.222. The first-order valence-corrected chi connectivity index (χ1v) is 15.8. The van der Waals surface area contributed by atoms with E-state index in [1.165, 1.54) is 56.2 Å². The molecule has 8 rings (SSSR count). The predicted octanol–water partition coefficient (Wildman–Crippen LogP) is 6.80. The zero-order valence-electron chi connectivity index (χ0n) is 25.0. The van der Waals surface area contributed by atoms with E-state index in [1.54, 1.807) is 24.3 Å². The molecule has 4 bridgehead atoms. The minimum absolute atomic E-state index is 0.193. The van der Waals surface area contributed by atoms with Crippen LogP contribution in [0.15, 0.2) is 72.3 Å². The van der Waals surface area contributed by atoms with Gasteiger partial charge in [0.05, 0.1) is 10.7 Å². The SMILES string of the molecule is Cc1ccc(NC(=O)COc2ccc(/C=C3\C(=O)NC(=O)N(c4ccc(C56CC7CC(CC(C7)C5)C6)cc4)C3=O)cc2Cl)cc1. The van der Waals surface area contributed by atoms with E-state index < -0.39 is 17.8 Å². The third-order valence-electron chi connectivity index (χ3n) is 9.84. The van der Waals surface area contributed by atoms with Gasteiger partial charge in [0.2, 0.25) is 0 Å². The third kappa shape index (κ3) is 5.75. The van der Waals surface area contributed by atoms with Crippen molar-refractivity contribution in [2.45, 2.75) is 50.9 Å². The molecule has 1 heterocycles. The van der Waals surface area contributed by atoms with Crippen molar-refractivity contribution in [3.05, 3.63) is 94.0 Å². The first-order valence-electron chi connectivity index (χ1n) is 15.5. The van der Waals surface area contributed by atoms with Crippen molar-refractivity contribution in [1.82, 2.24) is 5.32 Å². The summed E-state index contributed by atoms with van der Waals surface area (Å²) in [6, 6.07) is 19.1. The lowest BCUT2D eigenvalue weighted by atomic mass is 9.48. The van der Waals surface area contributed by atoms with Crippen LogP contribution in [-0.4, -0.2) is 30.4 Å². The van der Waals surface area contributed by atoms with Crippen molar-refractivity contribution in [3.8, 4) is 5.75 Å². The van der Waals surface area contributed by atoms with Crippen LogP contribution in [0.5, 0.6) is 5.75 Å². The van der Waals surface area contributed by atoms with E-state index in [2.05, 4.69) is 22.8 Å². The number of nitrogens with one attached hydrogen (secondary N) is 2. The summed E-state index contributed by atoms with van der Waals surface area (Å²) in [5.74, 6) is 0.853. The second kappa shape index (κ2) is 11.5. The molecule has 5 fully saturated rings. The first kappa shape index (κ1) is 29.3. The molecule has 0 spiro atoms. The van der Waals surface area contributed by atoms with Gasteiger partial charge >= 0.3 is 6.03 Å². The van der Waals surface area contributed by atoms with Crippen LogP contribution in [0.2, 0.25) is 5.02 Å². The lowest BCUT2D eigenvalue weighted by molar-refractivity contribution is -0.122. The maximum Gasteiger partial charge on any atom is 0.335 e. The summed E-state index contributed by atoms with van der Waals surface area (Å²) in [6.45, 7) is 1.70. The molecular weight excluding hydrogens is 590 g/mol. The number of ether oxygens (including phenoxy) is 1. The summed E-state index contributed by atoms with van der Waals surface area (Å²) in [7, 11) is 0. The number of aryl methyl sites for hydroxylation is 1. The Hall–Kier alpha value is -4.43. The zero-order chi connectivity index (χ0) is 31.3. The van der Waals surface area contributed by atoms with Gasteiger partial charge in [-0.1, -0.05) is 47.5 Å². The number of halogens is 1. The molecule has 0 radical (unpaired) electrons. The van der Waals surface area contributed by atoms with E-state index in [4.69, 9.17) is 16.3 Å². The van der Waals surface area contributed by atoms with E-state index in [0.717, 1.165) is 28.2 Å². The summed E-state index contributed by atoms with van der Waals surface area (Å²) in [4.78, 5) is 52.5. The van der Waals surface area contributed by atoms with Crippen LogP contribution in [0.3, 0.4) is 0 Å². The minimum Gasteiger partial charge on any atom is -0.482 e. The smallest absolute Gasteiger partial charge is 0.335 e. The standard InChI is InChI=1S/C36H34ClN3O5/c1-21-2-7-27(8-3-21)38-32(41)20-45-31-11-4-22(16-30(31)37)15-29-33(42)39-35(44)40(34(29)43)28-9-5-26(6-10-28)36-17-23-12-24(18-36)14-25(13-23)19-36/h2-11,15-16,23-25H,12-14,17-20H2,1H3,(H,38,41)(H,39,42,44)/b29-15+. The van der Waals surface area contributed by atoms with Crippen molar-refractivity contribution < 1.29 is 23.9 Å². The van der Waals surface area contributed by atoms with Crippen LogP contribution in [-0.2, 0) is 19.8 Å². The molecule has 3 aromatic carbocycles. The first-order chi connectivity index (χ1) is 21.7. The number of rotatable bonds is 7. The lowest BCUT2D eigenvalue weighted by Gasteiger charge is -2.57. The Morgan fingerprint density at radius 1 is 0.956 bits per heavy atom. The molecule has 4 saturated carbocycles. The fraction of sp³-hybridized carbons (Fsp3) is 0.333. The maximum absolute atomic E-state index is 13.5. The number of hydrogen-bond acceptors (Lipinski definition) is 5. The van der Waals surface area contributed by atoms with Crippen LogP contribution in [0, 0.1) is 24.7 Å². The molecule has 0 aromatic heterocycles. The Balaban J connectivity index is 1.04. The average Bonchev–Trinajstić information content (AvgIpc) is 2.99. The molecule has 5 aliphatic rings. The van der Waals surface area contributed by atoms with Crippen LogP contribution in [0.4, 0.5) is 16.2 Å². The van der Waals surface area contributed by atoms with Crippen LogP contribution in [0.1, 0.15) is 55.2 Å². The largest absolute Gasteiger partial charge is 0.482 e. The zero-order valence-corrected chi connectivity index (χ0v) is 25.7. The summed E-state index contributed by atoms with van der Waals surface area (Å²) in [5, 5.41) is 5.25. The van der Waals surface area contributed by atoms with Gasteiger partial charge in [-0.3, -0.25) is 19.7 Å². The second-order valence-corrected chi connectivity index (χ2v) is 13.5. The molecule has 1 saturated heterocycles. The van der Waals surface area contributed by atoms with Crippen molar-refractivity contribution in [2.75, 3.05) is 16.8 Å². The summed E-state index contributed by atoms with van der Waals surface area (Å²) in [5.41, 5.74) is 3.90. The van der Waals surface area contributed by atoms with E-state index >= 15 is 0 Å². The number of anilines is 2. The Bertz CT molecular complexity index is 1690.